The molecule has 2 amide bonds. The molecule has 2 aliphatic carbocycles. The second-order valence-corrected chi connectivity index (χ2v) is 12.6. The molecule has 2 aromatic heterocycles. The number of rotatable bonds is 10. The molecule has 4 aromatic rings. The fraction of sp³-hybridized carbons (Fsp3) is 0.333. The topological polar surface area (TPSA) is 123 Å². The van der Waals surface area contributed by atoms with Crippen molar-refractivity contribution in [3.05, 3.63) is 107 Å². The van der Waals surface area contributed by atoms with Crippen LogP contribution in [0.4, 0.5) is 20.3 Å². The minimum absolute atomic E-state index is 0.144. The van der Waals surface area contributed by atoms with Gasteiger partial charge in [-0.2, -0.15) is 0 Å². The fourth-order valence-corrected chi connectivity index (χ4v) is 6.90. The zero-order chi connectivity index (χ0) is 33.1. The number of carbonyl (C=O) groups is 2. The van der Waals surface area contributed by atoms with Crippen LogP contribution < -0.4 is 20.9 Å². The second kappa shape index (κ2) is 13.8. The number of hydrogen-bond acceptors (Lipinski definition) is 6. The van der Waals surface area contributed by atoms with Crippen molar-refractivity contribution in [2.75, 3.05) is 10.6 Å². The molecule has 0 aliphatic heterocycles. The van der Waals surface area contributed by atoms with E-state index in [0.717, 1.165) is 38.2 Å². The third kappa shape index (κ3) is 7.57. The number of aliphatic hydroxyl groups excluding tert-OH is 1. The largest absolute Gasteiger partial charge is 0.457 e. The Balaban J connectivity index is 1.03. The molecule has 6 rings (SSSR count). The Morgan fingerprint density at radius 1 is 0.979 bits per heavy atom. The van der Waals surface area contributed by atoms with Gasteiger partial charge in [-0.25, -0.2) is 13.8 Å². The molecule has 0 radical (unpaired) electrons. The number of amides is 2. The molecule has 0 saturated heterocycles. The number of benzene rings is 2. The lowest BCUT2D eigenvalue weighted by atomic mass is 9.86. The highest BCUT2D eigenvalue weighted by Crippen LogP contribution is 2.49. The summed E-state index contributed by atoms with van der Waals surface area (Å²) < 4.78 is 35.3. The van der Waals surface area contributed by atoms with Crippen LogP contribution in [0.15, 0.2) is 83.9 Å². The van der Waals surface area contributed by atoms with Crippen LogP contribution in [0.25, 0.3) is 5.69 Å². The number of carbonyl (C=O) groups excluding carboxylic acids is 2. The lowest BCUT2D eigenvalue weighted by Gasteiger charge is -2.20. The number of halogens is 2. The Hall–Kier alpha value is -4.90. The predicted octanol–water partition coefficient (Wildman–Crippen LogP) is 6.71. The summed E-state index contributed by atoms with van der Waals surface area (Å²) >= 11 is 0. The maximum absolute atomic E-state index is 15.0. The molecule has 2 aromatic carbocycles. The van der Waals surface area contributed by atoms with E-state index >= 15 is 4.39 Å². The summed E-state index contributed by atoms with van der Waals surface area (Å²) in [5.41, 5.74) is -0.659. The number of anilines is 2. The van der Waals surface area contributed by atoms with Crippen LogP contribution >= 0.6 is 0 Å². The normalized spacial score (nSPS) is 20.8. The Labute approximate surface area is 270 Å². The van der Waals surface area contributed by atoms with E-state index in [1.165, 1.54) is 65.5 Å². The lowest BCUT2D eigenvalue weighted by molar-refractivity contribution is -0.116. The van der Waals surface area contributed by atoms with Gasteiger partial charge in [0.1, 0.15) is 34.5 Å². The predicted molar refractivity (Wildman–Crippen MR) is 173 cm³/mol. The van der Waals surface area contributed by atoms with Gasteiger partial charge in [-0.05, 0) is 110 Å². The summed E-state index contributed by atoms with van der Waals surface area (Å²) in [6.07, 6.45) is 7.99. The van der Waals surface area contributed by atoms with Gasteiger partial charge >= 0.3 is 0 Å². The number of ether oxygens (including phenoxy) is 1. The van der Waals surface area contributed by atoms with Crippen molar-refractivity contribution in [2.24, 2.45) is 23.7 Å². The van der Waals surface area contributed by atoms with Gasteiger partial charge in [0.05, 0.1) is 11.8 Å². The van der Waals surface area contributed by atoms with Gasteiger partial charge in [0.15, 0.2) is 0 Å². The number of hydrogen-bond donors (Lipinski definition) is 3. The fourth-order valence-electron chi connectivity index (χ4n) is 6.90. The van der Waals surface area contributed by atoms with Gasteiger partial charge in [-0.3, -0.25) is 19.0 Å². The molecular formula is C36H36F2N4O5. The van der Waals surface area contributed by atoms with E-state index in [0.29, 0.717) is 47.3 Å². The molecule has 0 bridgehead atoms. The van der Waals surface area contributed by atoms with Crippen molar-refractivity contribution >= 4 is 23.3 Å². The SMILES string of the molecule is CC(CCC(=O)Nc1cc(Oc2ccc(NC(=O)c3cccn(-c4ccc(F)cc4)c3=O)c(F)c2)ccn1)C1C[C@H]2CC(O)C[C@H]2C1. The maximum atomic E-state index is 15.0. The first-order valence-corrected chi connectivity index (χ1v) is 15.8. The van der Waals surface area contributed by atoms with Crippen LogP contribution in [0, 0.1) is 35.3 Å². The van der Waals surface area contributed by atoms with E-state index < -0.39 is 23.1 Å². The van der Waals surface area contributed by atoms with Crippen molar-refractivity contribution in [1.82, 2.24) is 9.55 Å². The van der Waals surface area contributed by atoms with Crippen molar-refractivity contribution in [3.63, 3.8) is 0 Å². The Kier molecular flexibility index (Phi) is 9.44. The van der Waals surface area contributed by atoms with Crippen molar-refractivity contribution < 1.29 is 28.2 Å². The molecule has 2 aliphatic rings. The lowest BCUT2D eigenvalue weighted by Crippen LogP contribution is -2.28. The van der Waals surface area contributed by atoms with Gasteiger partial charge in [0.25, 0.3) is 11.5 Å². The molecule has 2 fully saturated rings. The van der Waals surface area contributed by atoms with E-state index in [1.54, 1.807) is 12.1 Å². The highest BCUT2D eigenvalue weighted by molar-refractivity contribution is 6.04. The third-order valence-corrected chi connectivity index (χ3v) is 9.38. The van der Waals surface area contributed by atoms with E-state index in [4.69, 9.17) is 4.74 Å². The minimum atomic E-state index is -0.812. The molecule has 0 spiro atoms. The molecule has 2 saturated carbocycles. The number of aromatic nitrogens is 2. The average Bonchev–Trinajstić information content (AvgIpc) is 3.60. The molecular weight excluding hydrogens is 606 g/mol. The van der Waals surface area contributed by atoms with Gasteiger partial charge < -0.3 is 20.5 Å². The first kappa shape index (κ1) is 32.1. The first-order valence-electron chi connectivity index (χ1n) is 15.8. The molecule has 244 valence electrons. The molecule has 3 unspecified atom stereocenters. The third-order valence-electron chi connectivity index (χ3n) is 9.38. The first-order chi connectivity index (χ1) is 22.6. The zero-order valence-electron chi connectivity index (χ0n) is 25.9. The Bertz CT molecular complexity index is 1820. The highest BCUT2D eigenvalue weighted by Gasteiger charge is 2.42. The van der Waals surface area contributed by atoms with Gasteiger partial charge in [0.2, 0.25) is 5.91 Å². The summed E-state index contributed by atoms with van der Waals surface area (Å²) in [6, 6.07) is 15.0. The van der Waals surface area contributed by atoms with Crippen molar-refractivity contribution in [1.29, 1.82) is 0 Å². The standard InChI is InChI=1S/C36H36F2N4O5/c1-21(22-15-23-17-27(43)18-24(23)16-22)4-11-34(44)41-33-20-29(12-13-39-33)47-28-9-10-32(31(38)19-28)40-35(45)30-3-2-14-42(36(30)46)26-7-5-25(37)6-8-26/h2-3,5-10,12-14,19-24,27,43H,4,11,15-18H2,1H3,(H,40,45)(H,39,41,44)/t21?,22?,23-,24+,27?. The Morgan fingerprint density at radius 2 is 1.70 bits per heavy atom. The van der Waals surface area contributed by atoms with Crippen LogP contribution in [0.3, 0.4) is 0 Å². The van der Waals surface area contributed by atoms with E-state index in [-0.39, 0.29) is 29.0 Å². The molecule has 3 N–H and O–H groups in total. The number of fused-ring (bicyclic) bond motifs is 1. The number of pyridine rings is 2. The summed E-state index contributed by atoms with van der Waals surface area (Å²) in [4.78, 5) is 42.7. The molecule has 47 heavy (non-hydrogen) atoms. The zero-order valence-corrected chi connectivity index (χ0v) is 25.9. The van der Waals surface area contributed by atoms with E-state index in [9.17, 15) is 23.9 Å². The van der Waals surface area contributed by atoms with Crippen LogP contribution in [0.5, 0.6) is 11.5 Å². The average molecular weight is 643 g/mol. The summed E-state index contributed by atoms with van der Waals surface area (Å²) in [5.74, 6) is 0.802. The molecule has 5 atom stereocenters. The molecule has 11 heteroatoms. The van der Waals surface area contributed by atoms with E-state index in [2.05, 4.69) is 22.5 Å². The molecule has 9 nitrogen and oxygen atoms in total. The quantitative estimate of drug-likeness (QED) is 0.177. The van der Waals surface area contributed by atoms with Gasteiger partial charge in [-0.15, -0.1) is 0 Å². The van der Waals surface area contributed by atoms with Crippen LogP contribution in [0.1, 0.15) is 55.8 Å². The number of nitrogens with zero attached hydrogens (tertiary/aromatic N) is 2. The number of aliphatic hydroxyl groups is 1. The van der Waals surface area contributed by atoms with Crippen LogP contribution in [0.2, 0.25) is 0 Å². The summed E-state index contributed by atoms with van der Waals surface area (Å²) in [6.45, 7) is 2.20. The number of nitrogens with one attached hydrogen (secondary N) is 2. The van der Waals surface area contributed by atoms with Crippen molar-refractivity contribution in [2.45, 2.75) is 51.6 Å². The van der Waals surface area contributed by atoms with Crippen LogP contribution in [-0.4, -0.2) is 32.6 Å². The van der Waals surface area contributed by atoms with Gasteiger partial charge in [-0.1, -0.05) is 6.92 Å². The Morgan fingerprint density at radius 3 is 2.43 bits per heavy atom. The molecule has 2 heterocycles. The summed E-state index contributed by atoms with van der Waals surface area (Å²) in [5, 5.41) is 15.1. The van der Waals surface area contributed by atoms with E-state index in [1.807, 2.05) is 0 Å². The maximum Gasteiger partial charge on any atom is 0.267 e. The van der Waals surface area contributed by atoms with Crippen molar-refractivity contribution in [3.8, 4) is 17.2 Å². The van der Waals surface area contributed by atoms with Gasteiger partial charge in [0, 0.05) is 36.6 Å². The monoisotopic (exact) mass is 642 g/mol. The second-order valence-electron chi connectivity index (χ2n) is 12.6. The smallest absolute Gasteiger partial charge is 0.267 e. The minimum Gasteiger partial charge on any atom is -0.457 e. The summed E-state index contributed by atoms with van der Waals surface area (Å²) in [7, 11) is 0. The highest BCUT2D eigenvalue weighted by atomic mass is 19.1. The van der Waals surface area contributed by atoms with Crippen LogP contribution in [-0.2, 0) is 4.79 Å².